The number of anilines is 1. The van der Waals surface area contributed by atoms with Crippen molar-refractivity contribution in [2.24, 2.45) is 7.05 Å². The molecule has 1 amide bonds. The SMILES string of the molecule is Cc1ccc(-c2cc(C(=O)N3CCN(c4cccc(C)c4C)CC3)nn2C)cc1. The van der Waals surface area contributed by atoms with Gasteiger partial charge in [0.05, 0.1) is 5.69 Å². The van der Waals surface area contributed by atoms with E-state index in [1.54, 1.807) is 4.68 Å². The van der Waals surface area contributed by atoms with Crippen molar-refractivity contribution in [1.82, 2.24) is 14.7 Å². The zero-order valence-electron chi connectivity index (χ0n) is 17.6. The maximum atomic E-state index is 13.0. The molecule has 0 radical (unpaired) electrons. The molecule has 1 aliphatic heterocycles. The second-order valence-corrected chi connectivity index (χ2v) is 7.90. The van der Waals surface area contributed by atoms with Crippen LogP contribution >= 0.6 is 0 Å². The molecule has 29 heavy (non-hydrogen) atoms. The number of aromatic nitrogens is 2. The number of benzene rings is 2. The van der Waals surface area contributed by atoms with Crippen LogP contribution in [0.3, 0.4) is 0 Å². The second kappa shape index (κ2) is 7.74. The van der Waals surface area contributed by atoms with Gasteiger partial charge in [-0.15, -0.1) is 0 Å². The number of hydrogen-bond acceptors (Lipinski definition) is 3. The zero-order valence-corrected chi connectivity index (χ0v) is 17.6. The molecule has 3 aromatic rings. The highest BCUT2D eigenvalue weighted by Gasteiger charge is 2.25. The molecule has 2 heterocycles. The van der Waals surface area contributed by atoms with Crippen LogP contribution in [0.2, 0.25) is 0 Å². The Labute approximate surface area is 172 Å². The molecule has 4 rings (SSSR count). The maximum Gasteiger partial charge on any atom is 0.274 e. The minimum atomic E-state index is 0.0135. The lowest BCUT2D eigenvalue weighted by Crippen LogP contribution is -2.49. The molecule has 150 valence electrons. The largest absolute Gasteiger partial charge is 0.368 e. The number of rotatable bonds is 3. The minimum Gasteiger partial charge on any atom is -0.368 e. The highest BCUT2D eigenvalue weighted by atomic mass is 16.2. The molecular weight excluding hydrogens is 360 g/mol. The summed E-state index contributed by atoms with van der Waals surface area (Å²) in [6.07, 6.45) is 0. The smallest absolute Gasteiger partial charge is 0.274 e. The van der Waals surface area contributed by atoms with Crippen LogP contribution in [-0.2, 0) is 7.05 Å². The lowest BCUT2D eigenvalue weighted by atomic mass is 10.1. The number of aryl methyl sites for hydroxylation is 3. The summed E-state index contributed by atoms with van der Waals surface area (Å²) in [4.78, 5) is 17.3. The number of carbonyl (C=O) groups excluding carboxylic acids is 1. The first-order valence-electron chi connectivity index (χ1n) is 10.2. The third-order valence-corrected chi connectivity index (χ3v) is 5.93. The topological polar surface area (TPSA) is 41.4 Å². The Kier molecular flexibility index (Phi) is 5.14. The van der Waals surface area contributed by atoms with Crippen LogP contribution in [0, 0.1) is 20.8 Å². The lowest BCUT2D eigenvalue weighted by Gasteiger charge is -2.36. The molecule has 0 spiro atoms. The highest BCUT2D eigenvalue weighted by Crippen LogP contribution is 2.25. The van der Waals surface area contributed by atoms with Gasteiger partial charge in [-0.2, -0.15) is 5.10 Å². The zero-order chi connectivity index (χ0) is 20.5. The molecule has 0 bridgehead atoms. The summed E-state index contributed by atoms with van der Waals surface area (Å²) in [6.45, 7) is 9.49. The van der Waals surface area contributed by atoms with E-state index in [1.165, 1.54) is 22.4 Å². The van der Waals surface area contributed by atoms with Crippen LogP contribution < -0.4 is 4.90 Å². The molecule has 0 atom stereocenters. The Bertz CT molecular complexity index is 1030. The number of carbonyl (C=O) groups is 1. The van der Waals surface area contributed by atoms with Gasteiger partial charge in [0.15, 0.2) is 5.69 Å². The average Bonchev–Trinajstić information content (AvgIpc) is 3.12. The Morgan fingerprint density at radius 1 is 0.931 bits per heavy atom. The molecule has 1 aromatic heterocycles. The van der Waals surface area contributed by atoms with Gasteiger partial charge in [0.25, 0.3) is 5.91 Å². The summed E-state index contributed by atoms with van der Waals surface area (Å²) >= 11 is 0. The van der Waals surface area contributed by atoms with E-state index >= 15 is 0 Å². The fraction of sp³-hybridized carbons (Fsp3) is 0.333. The predicted octanol–water partition coefficient (Wildman–Crippen LogP) is 3.97. The first-order valence-corrected chi connectivity index (χ1v) is 10.2. The van der Waals surface area contributed by atoms with Crippen molar-refractivity contribution in [3.63, 3.8) is 0 Å². The molecule has 0 saturated carbocycles. The average molecular weight is 389 g/mol. The van der Waals surface area contributed by atoms with Gasteiger partial charge in [-0.25, -0.2) is 0 Å². The van der Waals surface area contributed by atoms with Crippen molar-refractivity contribution in [2.75, 3.05) is 31.1 Å². The van der Waals surface area contributed by atoms with Crippen molar-refractivity contribution in [2.45, 2.75) is 20.8 Å². The van der Waals surface area contributed by atoms with E-state index in [-0.39, 0.29) is 5.91 Å². The summed E-state index contributed by atoms with van der Waals surface area (Å²) in [5, 5.41) is 4.50. The minimum absolute atomic E-state index is 0.0135. The van der Waals surface area contributed by atoms with E-state index in [2.05, 4.69) is 73.2 Å². The van der Waals surface area contributed by atoms with E-state index in [4.69, 9.17) is 0 Å². The molecule has 5 heteroatoms. The van der Waals surface area contributed by atoms with Gasteiger partial charge in [-0.3, -0.25) is 9.48 Å². The first-order chi connectivity index (χ1) is 13.9. The van der Waals surface area contributed by atoms with E-state index < -0.39 is 0 Å². The summed E-state index contributed by atoms with van der Waals surface area (Å²) in [7, 11) is 1.89. The molecule has 2 aromatic carbocycles. The fourth-order valence-corrected chi connectivity index (χ4v) is 3.96. The van der Waals surface area contributed by atoms with Crippen LogP contribution in [0.4, 0.5) is 5.69 Å². The van der Waals surface area contributed by atoms with E-state index in [9.17, 15) is 4.79 Å². The van der Waals surface area contributed by atoms with Crippen molar-refractivity contribution < 1.29 is 4.79 Å². The molecule has 1 aliphatic rings. The summed E-state index contributed by atoms with van der Waals surface area (Å²) in [5.41, 5.74) is 7.67. The molecule has 1 fully saturated rings. The molecule has 5 nitrogen and oxygen atoms in total. The quantitative estimate of drug-likeness (QED) is 0.682. The number of amides is 1. The first kappa shape index (κ1) is 19.2. The van der Waals surface area contributed by atoms with Crippen molar-refractivity contribution in [3.05, 3.63) is 70.9 Å². The number of nitrogens with zero attached hydrogens (tertiary/aromatic N) is 4. The van der Waals surface area contributed by atoms with Gasteiger partial charge in [0.1, 0.15) is 0 Å². The highest BCUT2D eigenvalue weighted by molar-refractivity contribution is 5.93. The molecule has 0 unspecified atom stereocenters. The van der Waals surface area contributed by atoms with E-state index in [0.717, 1.165) is 24.3 Å². The van der Waals surface area contributed by atoms with Crippen LogP contribution in [0.15, 0.2) is 48.5 Å². The summed E-state index contributed by atoms with van der Waals surface area (Å²) in [5.74, 6) is 0.0135. The third-order valence-electron chi connectivity index (χ3n) is 5.93. The van der Waals surface area contributed by atoms with Crippen LogP contribution in [-0.4, -0.2) is 46.8 Å². The molecule has 0 N–H and O–H groups in total. The summed E-state index contributed by atoms with van der Waals surface area (Å²) in [6, 6.07) is 16.6. The predicted molar refractivity (Wildman–Crippen MR) is 117 cm³/mol. The van der Waals surface area contributed by atoms with Gasteiger partial charge in [-0.1, -0.05) is 42.0 Å². The van der Waals surface area contributed by atoms with Gasteiger partial charge in [0, 0.05) is 38.9 Å². The van der Waals surface area contributed by atoms with Gasteiger partial charge in [0.2, 0.25) is 0 Å². The van der Waals surface area contributed by atoms with Crippen molar-refractivity contribution in [3.8, 4) is 11.3 Å². The Balaban J connectivity index is 1.47. The lowest BCUT2D eigenvalue weighted by molar-refractivity contribution is 0.0740. The molecule has 0 aliphatic carbocycles. The van der Waals surface area contributed by atoms with E-state index in [0.29, 0.717) is 18.8 Å². The van der Waals surface area contributed by atoms with Crippen LogP contribution in [0.1, 0.15) is 27.2 Å². The van der Waals surface area contributed by atoms with E-state index in [1.807, 2.05) is 18.0 Å². The van der Waals surface area contributed by atoms with Gasteiger partial charge >= 0.3 is 0 Å². The Morgan fingerprint density at radius 2 is 1.62 bits per heavy atom. The third kappa shape index (κ3) is 3.77. The summed E-state index contributed by atoms with van der Waals surface area (Å²) < 4.78 is 1.80. The molecular formula is C24H28N4O. The maximum absolute atomic E-state index is 13.0. The van der Waals surface area contributed by atoms with Crippen molar-refractivity contribution in [1.29, 1.82) is 0 Å². The van der Waals surface area contributed by atoms with Crippen molar-refractivity contribution >= 4 is 11.6 Å². The number of piperazine rings is 1. The van der Waals surface area contributed by atoms with Gasteiger partial charge < -0.3 is 9.80 Å². The van der Waals surface area contributed by atoms with Crippen LogP contribution in [0.5, 0.6) is 0 Å². The Morgan fingerprint density at radius 3 is 2.31 bits per heavy atom. The fourth-order valence-electron chi connectivity index (χ4n) is 3.96. The van der Waals surface area contributed by atoms with Crippen LogP contribution in [0.25, 0.3) is 11.3 Å². The number of hydrogen-bond donors (Lipinski definition) is 0. The Hall–Kier alpha value is -3.08. The monoisotopic (exact) mass is 388 g/mol. The molecule has 1 saturated heterocycles. The van der Waals surface area contributed by atoms with Gasteiger partial charge in [-0.05, 0) is 49.6 Å². The second-order valence-electron chi connectivity index (χ2n) is 7.90. The normalized spacial score (nSPS) is 14.3. The standard InChI is InChI=1S/C24H28N4O/c1-17-8-10-20(11-9-17)23-16-21(25-26(23)4)24(29)28-14-12-27(13-15-28)22-7-5-6-18(2)19(22)3/h5-11,16H,12-15H2,1-4H3.